The molecule has 1 aliphatic rings. The molecule has 2 atom stereocenters. The lowest BCUT2D eigenvalue weighted by atomic mass is 9.86. The predicted octanol–water partition coefficient (Wildman–Crippen LogP) is 2.27. The second-order valence-electron chi connectivity index (χ2n) is 5.14. The van der Waals surface area contributed by atoms with Crippen molar-refractivity contribution in [3.05, 3.63) is 0 Å². The Morgan fingerprint density at radius 1 is 1.43 bits per heavy atom. The summed E-state index contributed by atoms with van der Waals surface area (Å²) in [4.78, 5) is 2.54. The average Bonchev–Trinajstić information content (AvgIpc) is 2.21. The molecule has 1 rings (SSSR count). The Hall–Kier alpha value is -0.0800. The van der Waals surface area contributed by atoms with Crippen molar-refractivity contribution in [3.63, 3.8) is 0 Å². The zero-order chi connectivity index (χ0) is 10.6. The summed E-state index contributed by atoms with van der Waals surface area (Å²) in [7, 11) is 0. The first kappa shape index (κ1) is 12.0. The van der Waals surface area contributed by atoms with Crippen LogP contribution in [0.1, 0.15) is 46.5 Å². The summed E-state index contributed by atoms with van der Waals surface area (Å²) in [5, 5.41) is 9.38. The van der Waals surface area contributed by atoms with E-state index >= 15 is 0 Å². The third-order valence-electron chi connectivity index (χ3n) is 3.76. The molecule has 0 aromatic rings. The molecule has 1 N–H and O–H groups in total. The fraction of sp³-hybridized carbons (Fsp3) is 1.00. The minimum absolute atomic E-state index is 0.103. The zero-order valence-corrected chi connectivity index (χ0v) is 9.92. The van der Waals surface area contributed by atoms with Gasteiger partial charge in [-0.2, -0.15) is 0 Å². The van der Waals surface area contributed by atoms with Crippen LogP contribution in [0.25, 0.3) is 0 Å². The predicted molar refractivity (Wildman–Crippen MR) is 60.4 cm³/mol. The Bertz CT molecular complexity index is 166. The van der Waals surface area contributed by atoms with Crippen LogP contribution >= 0.6 is 0 Å². The largest absolute Gasteiger partial charge is 0.396 e. The van der Waals surface area contributed by atoms with Crippen LogP contribution in [0.4, 0.5) is 0 Å². The average molecular weight is 199 g/mol. The lowest BCUT2D eigenvalue weighted by molar-refractivity contribution is 0.0523. The van der Waals surface area contributed by atoms with E-state index in [1.165, 1.54) is 25.8 Å². The van der Waals surface area contributed by atoms with Crippen LogP contribution in [0.2, 0.25) is 0 Å². The summed E-state index contributed by atoms with van der Waals surface area (Å²) in [5.74, 6) is 0. The van der Waals surface area contributed by atoms with Gasteiger partial charge in [-0.05, 0) is 32.7 Å². The number of hydrogen-bond acceptors (Lipinski definition) is 2. The minimum Gasteiger partial charge on any atom is -0.396 e. The quantitative estimate of drug-likeness (QED) is 0.751. The molecule has 2 unspecified atom stereocenters. The topological polar surface area (TPSA) is 23.5 Å². The second-order valence-corrected chi connectivity index (χ2v) is 5.14. The van der Waals surface area contributed by atoms with Crippen molar-refractivity contribution in [3.8, 4) is 0 Å². The van der Waals surface area contributed by atoms with Gasteiger partial charge in [0.25, 0.3) is 0 Å². The van der Waals surface area contributed by atoms with Gasteiger partial charge in [-0.25, -0.2) is 0 Å². The van der Waals surface area contributed by atoms with E-state index in [0.717, 1.165) is 13.0 Å². The van der Waals surface area contributed by atoms with Gasteiger partial charge in [-0.1, -0.05) is 20.3 Å². The monoisotopic (exact) mass is 199 g/mol. The van der Waals surface area contributed by atoms with Gasteiger partial charge in [0.15, 0.2) is 0 Å². The Balaban J connectivity index is 2.48. The van der Waals surface area contributed by atoms with Crippen molar-refractivity contribution in [2.24, 2.45) is 5.41 Å². The second kappa shape index (κ2) is 5.13. The molecule has 0 aromatic heterocycles. The van der Waals surface area contributed by atoms with E-state index < -0.39 is 0 Å². The van der Waals surface area contributed by atoms with Crippen LogP contribution < -0.4 is 0 Å². The molecule has 1 fully saturated rings. The van der Waals surface area contributed by atoms with E-state index in [4.69, 9.17) is 0 Å². The first-order valence-corrected chi connectivity index (χ1v) is 5.96. The highest BCUT2D eigenvalue weighted by Gasteiger charge is 2.28. The Kier molecular flexibility index (Phi) is 4.39. The molecule has 1 saturated heterocycles. The summed E-state index contributed by atoms with van der Waals surface area (Å²) >= 11 is 0. The maximum Gasteiger partial charge on any atom is 0.0496 e. The Morgan fingerprint density at radius 3 is 2.64 bits per heavy atom. The normalized spacial score (nSPS) is 28.7. The summed E-state index contributed by atoms with van der Waals surface area (Å²) < 4.78 is 0. The Labute approximate surface area is 88.3 Å². The van der Waals surface area contributed by atoms with Crippen LogP contribution in [0.3, 0.4) is 0 Å². The van der Waals surface area contributed by atoms with Crippen LogP contribution in [0.5, 0.6) is 0 Å². The molecule has 0 saturated carbocycles. The third kappa shape index (κ3) is 2.96. The smallest absolute Gasteiger partial charge is 0.0496 e. The van der Waals surface area contributed by atoms with Gasteiger partial charge in [0.05, 0.1) is 0 Å². The molecular formula is C12H25NO. The van der Waals surface area contributed by atoms with Crippen molar-refractivity contribution < 1.29 is 5.11 Å². The van der Waals surface area contributed by atoms with Gasteiger partial charge in [0.1, 0.15) is 0 Å². The van der Waals surface area contributed by atoms with Crippen molar-refractivity contribution in [1.29, 1.82) is 0 Å². The number of rotatable bonds is 4. The molecule has 14 heavy (non-hydrogen) atoms. The molecule has 1 heterocycles. The molecule has 2 heteroatoms. The van der Waals surface area contributed by atoms with E-state index in [-0.39, 0.29) is 5.41 Å². The van der Waals surface area contributed by atoms with Crippen molar-refractivity contribution in [2.45, 2.75) is 52.5 Å². The van der Waals surface area contributed by atoms with E-state index in [2.05, 4.69) is 25.7 Å². The zero-order valence-electron chi connectivity index (χ0n) is 9.92. The van der Waals surface area contributed by atoms with E-state index in [0.29, 0.717) is 12.6 Å². The number of aliphatic hydroxyl groups is 1. The number of piperidine rings is 1. The highest BCUT2D eigenvalue weighted by Crippen LogP contribution is 2.26. The van der Waals surface area contributed by atoms with Crippen LogP contribution in [0, 0.1) is 5.41 Å². The molecule has 0 bridgehead atoms. The van der Waals surface area contributed by atoms with Gasteiger partial charge < -0.3 is 10.0 Å². The summed E-state index contributed by atoms with van der Waals surface area (Å²) in [6.07, 6.45) is 5.09. The maximum absolute atomic E-state index is 9.38. The van der Waals surface area contributed by atoms with Crippen LogP contribution in [0.15, 0.2) is 0 Å². The number of hydrogen-bond donors (Lipinski definition) is 1. The number of likely N-dealkylation sites (tertiary alicyclic amines) is 1. The van der Waals surface area contributed by atoms with E-state index in [9.17, 15) is 5.11 Å². The van der Waals surface area contributed by atoms with Crippen molar-refractivity contribution in [1.82, 2.24) is 4.90 Å². The number of nitrogens with zero attached hydrogens (tertiary/aromatic N) is 1. The summed E-state index contributed by atoms with van der Waals surface area (Å²) in [5.41, 5.74) is 0.103. The molecule has 0 spiro atoms. The molecule has 0 radical (unpaired) electrons. The molecular weight excluding hydrogens is 174 g/mol. The SMILES string of the molecule is CCC(C)(CO)CN1CCCCC1C. The summed E-state index contributed by atoms with van der Waals surface area (Å²) in [6, 6.07) is 0.709. The van der Waals surface area contributed by atoms with Crippen molar-refractivity contribution >= 4 is 0 Å². The fourth-order valence-electron chi connectivity index (χ4n) is 2.16. The lowest BCUT2D eigenvalue weighted by Crippen LogP contribution is -2.45. The maximum atomic E-state index is 9.38. The number of aliphatic hydroxyl groups excluding tert-OH is 1. The van der Waals surface area contributed by atoms with Crippen LogP contribution in [-0.4, -0.2) is 35.7 Å². The fourth-order valence-corrected chi connectivity index (χ4v) is 2.16. The van der Waals surface area contributed by atoms with Gasteiger partial charge >= 0.3 is 0 Å². The lowest BCUT2D eigenvalue weighted by Gasteiger charge is -2.39. The Morgan fingerprint density at radius 2 is 2.14 bits per heavy atom. The van der Waals surface area contributed by atoms with Crippen molar-refractivity contribution in [2.75, 3.05) is 19.7 Å². The first-order valence-electron chi connectivity index (χ1n) is 5.96. The third-order valence-corrected chi connectivity index (χ3v) is 3.76. The minimum atomic E-state index is 0.103. The standard InChI is InChI=1S/C12H25NO/c1-4-12(3,10-14)9-13-8-6-5-7-11(13)2/h11,14H,4-10H2,1-3H3. The van der Waals surface area contributed by atoms with Gasteiger partial charge in [0, 0.05) is 24.6 Å². The highest BCUT2D eigenvalue weighted by molar-refractivity contribution is 4.81. The molecule has 0 aromatic carbocycles. The van der Waals surface area contributed by atoms with E-state index in [1.54, 1.807) is 0 Å². The van der Waals surface area contributed by atoms with Gasteiger partial charge in [-0.3, -0.25) is 0 Å². The van der Waals surface area contributed by atoms with Crippen LogP contribution in [-0.2, 0) is 0 Å². The molecule has 1 aliphatic heterocycles. The highest BCUT2D eigenvalue weighted by atomic mass is 16.3. The molecule has 84 valence electrons. The van der Waals surface area contributed by atoms with E-state index in [1.807, 2.05) is 0 Å². The van der Waals surface area contributed by atoms with Gasteiger partial charge in [0.2, 0.25) is 0 Å². The van der Waals surface area contributed by atoms with Gasteiger partial charge in [-0.15, -0.1) is 0 Å². The molecule has 0 amide bonds. The molecule has 0 aliphatic carbocycles. The summed E-state index contributed by atoms with van der Waals surface area (Å²) in [6.45, 7) is 9.26. The molecule has 2 nitrogen and oxygen atoms in total. The first-order chi connectivity index (χ1) is 6.61.